The molecule has 1 heterocycles. The second kappa shape index (κ2) is 5.17. The molecule has 19 heavy (non-hydrogen) atoms. The molecule has 100 valence electrons. The van der Waals surface area contributed by atoms with Crippen LogP contribution in [-0.4, -0.2) is 15.6 Å². The summed E-state index contributed by atoms with van der Waals surface area (Å²) in [6.07, 6.45) is 5.13. The number of imidazole rings is 1. The van der Waals surface area contributed by atoms with Gasteiger partial charge in [-0.1, -0.05) is 38.1 Å². The summed E-state index contributed by atoms with van der Waals surface area (Å²) in [4.78, 5) is 4.29. The lowest BCUT2D eigenvalue weighted by molar-refractivity contribution is 0.483. The predicted octanol–water partition coefficient (Wildman–Crippen LogP) is 2.72. The van der Waals surface area contributed by atoms with Crippen LogP contribution in [-0.2, 0) is 19.5 Å². The molecule has 0 fully saturated rings. The lowest BCUT2D eigenvalue weighted by atomic mass is 9.77. The molecule has 1 aromatic carbocycles. The van der Waals surface area contributed by atoms with Crippen molar-refractivity contribution in [2.24, 2.45) is 0 Å². The fraction of sp³-hybridized carbons (Fsp3) is 0.438. The molecule has 1 atom stereocenters. The van der Waals surface area contributed by atoms with Gasteiger partial charge in [-0.3, -0.25) is 0 Å². The lowest BCUT2D eigenvalue weighted by Gasteiger charge is -2.30. The summed E-state index contributed by atoms with van der Waals surface area (Å²) in [6.45, 7) is 6.28. The highest BCUT2D eigenvalue weighted by molar-refractivity contribution is 5.39. The van der Waals surface area contributed by atoms with E-state index >= 15 is 0 Å². The maximum atomic E-state index is 4.29. The molecule has 3 nitrogen and oxygen atoms in total. The van der Waals surface area contributed by atoms with E-state index < -0.39 is 0 Å². The molecule has 1 unspecified atom stereocenters. The highest BCUT2D eigenvalue weighted by Gasteiger charge is 2.25. The van der Waals surface area contributed by atoms with Crippen molar-refractivity contribution in [2.45, 2.75) is 45.3 Å². The Morgan fingerprint density at radius 3 is 3.00 bits per heavy atom. The molecule has 3 heteroatoms. The highest BCUT2D eigenvalue weighted by Crippen LogP contribution is 2.36. The summed E-state index contributed by atoms with van der Waals surface area (Å²) in [5.41, 5.74) is 4.30. The van der Waals surface area contributed by atoms with Crippen molar-refractivity contribution in [1.82, 2.24) is 14.9 Å². The van der Waals surface area contributed by atoms with E-state index in [1.807, 2.05) is 12.5 Å². The summed E-state index contributed by atoms with van der Waals surface area (Å²) < 4.78 is 2.29. The Balaban J connectivity index is 1.67. The summed E-state index contributed by atoms with van der Waals surface area (Å²) in [6, 6.07) is 9.27. The van der Waals surface area contributed by atoms with E-state index in [-0.39, 0.29) is 0 Å². The number of fused-ring (bicyclic) bond motifs is 1. The van der Waals surface area contributed by atoms with E-state index in [0.717, 1.165) is 13.1 Å². The fourth-order valence-corrected chi connectivity index (χ4v) is 2.73. The molecule has 0 saturated carbocycles. The van der Waals surface area contributed by atoms with Crippen LogP contribution in [0.25, 0.3) is 0 Å². The molecule has 0 amide bonds. The van der Waals surface area contributed by atoms with E-state index in [1.54, 1.807) is 0 Å². The third-order valence-corrected chi connectivity index (χ3v) is 3.87. The third kappa shape index (κ3) is 2.56. The van der Waals surface area contributed by atoms with Crippen molar-refractivity contribution < 1.29 is 0 Å². The fourth-order valence-electron chi connectivity index (χ4n) is 2.73. The Morgan fingerprint density at radius 2 is 2.21 bits per heavy atom. The van der Waals surface area contributed by atoms with Crippen LogP contribution in [0, 0.1) is 0 Å². The number of aromatic nitrogens is 2. The van der Waals surface area contributed by atoms with Gasteiger partial charge in [0.05, 0.1) is 12.0 Å². The molecule has 0 bridgehead atoms. The first-order chi connectivity index (χ1) is 9.24. The van der Waals surface area contributed by atoms with Crippen molar-refractivity contribution in [2.75, 3.05) is 0 Å². The highest BCUT2D eigenvalue weighted by atomic mass is 15.1. The first-order valence-electron chi connectivity index (χ1n) is 7.04. The zero-order chi connectivity index (χ0) is 13.2. The lowest BCUT2D eigenvalue weighted by Crippen LogP contribution is -2.26. The molecule has 0 aliphatic heterocycles. The molecule has 1 aliphatic carbocycles. The van der Waals surface area contributed by atoms with Gasteiger partial charge in [0.1, 0.15) is 0 Å². The van der Waals surface area contributed by atoms with Gasteiger partial charge in [-0.05, 0) is 17.5 Å². The zero-order valence-corrected chi connectivity index (χ0v) is 11.6. The molecule has 1 N–H and O–H groups in total. The first-order valence-corrected chi connectivity index (χ1v) is 7.04. The molecular weight excluding hydrogens is 234 g/mol. The summed E-state index contributed by atoms with van der Waals surface area (Å²) in [5.74, 6) is 0.656. The SMILES string of the molecule is CC(C)NCc1cncn1CC1Cc2ccccc21. The molecule has 0 spiro atoms. The second-order valence-electron chi connectivity index (χ2n) is 5.67. The van der Waals surface area contributed by atoms with Gasteiger partial charge < -0.3 is 9.88 Å². The summed E-state index contributed by atoms with van der Waals surface area (Å²) in [7, 11) is 0. The van der Waals surface area contributed by atoms with E-state index in [4.69, 9.17) is 0 Å². The number of benzene rings is 1. The minimum atomic E-state index is 0.507. The number of nitrogens with zero attached hydrogens (tertiary/aromatic N) is 2. The van der Waals surface area contributed by atoms with Gasteiger partial charge in [-0.15, -0.1) is 0 Å². The van der Waals surface area contributed by atoms with Crippen LogP contribution in [0.4, 0.5) is 0 Å². The number of hydrogen-bond donors (Lipinski definition) is 1. The number of rotatable bonds is 5. The molecule has 3 rings (SSSR count). The number of nitrogens with one attached hydrogen (secondary N) is 1. The largest absolute Gasteiger partial charge is 0.333 e. The molecule has 1 aromatic heterocycles. The Kier molecular flexibility index (Phi) is 3.38. The Labute approximate surface area is 114 Å². The maximum Gasteiger partial charge on any atom is 0.0948 e. The summed E-state index contributed by atoms with van der Waals surface area (Å²) in [5, 5.41) is 3.46. The van der Waals surface area contributed by atoms with Crippen LogP contribution in [0.3, 0.4) is 0 Å². The van der Waals surface area contributed by atoms with Crippen molar-refractivity contribution in [3.63, 3.8) is 0 Å². The summed E-state index contributed by atoms with van der Waals surface area (Å²) >= 11 is 0. The van der Waals surface area contributed by atoms with Crippen LogP contribution >= 0.6 is 0 Å². The van der Waals surface area contributed by atoms with Crippen LogP contribution in [0.1, 0.15) is 36.6 Å². The predicted molar refractivity (Wildman–Crippen MR) is 77.1 cm³/mol. The van der Waals surface area contributed by atoms with Gasteiger partial charge in [0.15, 0.2) is 0 Å². The second-order valence-corrected chi connectivity index (χ2v) is 5.67. The third-order valence-electron chi connectivity index (χ3n) is 3.87. The molecule has 0 radical (unpaired) electrons. The maximum absolute atomic E-state index is 4.29. The van der Waals surface area contributed by atoms with E-state index in [2.05, 4.69) is 53.0 Å². The minimum absolute atomic E-state index is 0.507. The quantitative estimate of drug-likeness (QED) is 0.890. The van der Waals surface area contributed by atoms with Crippen molar-refractivity contribution in [3.8, 4) is 0 Å². The average molecular weight is 255 g/mol. The minimum Gasteiger partial charge on any atom is -0.333 e. The van der Waals surface area contributed by atoms with Crippen molar-refractivity contribution in [3.05, 3.63) is 53.6 Å². The number of hydrogen-bond acceptors (Lipinski definition) is 2. The van der Waals surface area contributed by atoms with Crippen LogP contribution < -0.4 is 5.32 Å². The van der Waals surface area contributed by atoms with Gasteiger partial charge in [0, 0.05) is 31.2 Å². The topological polar surface area (TPSA) is 29.9 Å². The van der Waals surface area contributed by atoms with E-state index in [1.165, 1.54) is 23.2 Å². The standard InChI is InChI=1S/C16H21N3/c1-12(2)18-9-15-8-17-11-19(15)10-14-7-13-5-3-4-6-16(13)14/h3-6,8,11-12,14,18H,7,9-10H2,1-2H3. The van der Waals surface area contributed by atoms with E-state index in [9.17, 15) is 0 Å². The normalized spacial score (nSPS) is 17.3. The van der Waals surface area contributed by atoms with Crippen LogP contribution in [0.2, 0.25) is 0 Å². The van der Waals surface area contributed by atoms with Crippen LogP contribution in [0.5, 0.6) is 0 Å². The van der Waals surface area contributed by atoms with Gasteiger partial charge in [0.25, 0.3) is 0 Å². The van der Waals surface area contributed by atoms with Crippen molar-refractivity contribution in [1.29, 1.82) is 0 Å². The molecule has 2 aromatic rings. The molecule has 1 aliphatic rings. The average Bonchev–Trinajstić information content (AvgIpc) is 2.81. The van der Waals surface area contributed by atoms with Crippen LogP contribution in [0.15, 0.2) is 36.8 Å². The smallest absolute Gasteiger partial charge is 0.0948 e. The Bertz CT molecular complexity index is 557. The van der Waals surface area contributed by atoms with Gasteiger partial charge in [-0.2, -0.15) is 0 Å². The first kappa shape index (κ1) is 12.4. The Morgan fingerprint density at radius 1 is 1.37 bits per heavy atom. The Hall–Kier alpha value is -1.61. The van der Waals surface area contributed by atoms with Crippen molar-refractivity contribution >= 4 is 0 Å². The molecular formula is C16H21N3. The monoisotopic (exact) mass is 255 g/mol. The van der Waals surface area contributed by atoms with E-state index in [0.29, 0.717) is 12.0 Å². The van der Waals surface area contributed by atoms with Gasteiger partial charge in [-0.25, -0.2) is 4.98 Å². The molecule has 0 saturated heterocycles. The zero-order valence-electron chi connectivity index (χ0n) is 11.6. The van der Waals surface area contributed by atoms with Gasteiger partial charge in [0.2, 0.25) is 0 Å². The van der Waals surface area contributed by atoms with Gasteiger partial charge >= 0.3 is 0 Å².